The molecule has 2 N–H and O–H groups in total. The number of anilines is 1. The van der Waals surface area contributed by atoms with Gasteiger partial charge in [0.15, 0.2) is 0 Å². The number of aromatic nitrogens is 1. The predicted octanol–water partition coefficient (Wildman–Crippen LogP) is 2.64. The third kappa shape index (κ3) is 5.62. The molecule has 0 fully saturated rings. The molecular formula is C18H22FN3O2. The number of hydrogen-bond donors (Lipinski definition) is 2. The van der Waals surface area contributed by atoms with E-state index in [1.165, 1.54) is 6.07 Å². The number of pyridine rings is 1. The largest absolute Gasteiger partial charge is 0.385 e. The van der Waals surface area contributed by atoms with Crippen molar-refractivity contribution in [3.8, 4) is 0 Å². The van der Waals surface area contributed by atoms with Gasteiger partial charge in [0.05, 0.1) is 0 Å². The van der Waals surface area contributed by atoms with Crippen LogP contribution in [0.4, 0.5) is 10.2 Å². The van der Waals surface area contributed by atoms with Crippen LogP contribution < -0.4 is 10.6 Å². The van der Waals surface area contributed by atoms with E-state index in [1.54, 1.807) is 37.6 Å². The van der Waals surface area contributed by atoms with E-state index in [0.29, 0.717) is 43.1 Å². The van der Waals surface area contributed by atoms with E-state index >= 15 is 0 Å². The van der Waals surface area contributed by atoms with Gasteiger partial charge in [0.1, 0.15) is 11.6 Å². The summed E-state index contributed by atoms with van der Waals surface area (Å²) in [6.07, 6.45) is 2.89. The van der Waals surface area contributed by atoms with E-state index in [9.17, 15) is 9.18 Å². The number of benzene rings is 1. The monoisotopic (exact) mass is 331 g/mol. The van der Waals surface area contributed by atoms with Crippen molar-refractivity contribution in [2.75, 3.05) is 32.1 Å². The lowest BCUT2D eigenvalue weighted by molar-refractivity contribution is 0.0948. The number of hydrogen-bond acceptors (Lipinski definition) is 4. The third-order valence-corrected chi connectivity index (χ3v) is 3.49. The molecule has 0 atom stereocenters. The molecule has 0 radical (unpaired) electrons. The Hall–Kier alpha value is -2.47. The number of halogens is 1. The van der Waals surface area contributed by atoms with Crippen molar-refractivity contribution in [2.24, 2.45) is 0 Å². The zero-order valence-corrected chi connectivity index (χ0v) is 13.7. The quantitative estimate of drug-likeness (QED) is 0.694. The van der Waals surface area contributed by atoms with Crippen LogP contribution in [0.5, 0.6) is 0 Å². The van der Waals surface area contributed by atoms with E-state index in [2.05, 4.69) is 15.6 Å². The minimum atomic E-state index is -0.212. The van der Waals surface area contributed by atoms with E-state index in [4.69, 9.17) is 4.74 Å². The van der Waals surface area contributed by atoms with Crippen LogP contribution in [0.1, 0.15) is 22.3 Å². The van der Waals surface area contributed by atoms with E-state index in [0.717, 1.165) is 6.42 Å². The van der Waals surface area contributed by atoms with Crippen molar-refractivity contribution in [3.63, 3.8) is 0 Å². The molecule has 1 heterocycles. The standard InChI is InChI=1S/C18H22FN3O2/c1-24-12-4-9-22-18(23)15-8-11-21-17(13-15)20-10-7-14-5-2-3-6-16(14)19/h2-3,5-6,8,11,13H,4,7,9-10,12H2,1H3,(H,20,21)(H,22,23). The highest BCUT2D eigenvalue weighted by Crippen LogP contribution is 2.09. The van der Waals surface area contributed by atoms with Crippen molar-refractivity contribution in [3.05, 3.63) is 59.5 Å². The topological polar surface area (TPSA) is 63.2 Å². The molecule has 1 aromatic heterocycles. The Bertz CT molecular complexity index is 664. The molecule has 0 unspecified atom stereocenters. The van der Waals surface area contributed by atoms with Crippen LogP contribution >= 0.6 is 0 Å². The Labute approximate surface area is 141 Å². The number of methoxy groups -OCH3 is 1. The fourth-order valence-electron chi connectivity index (χ4n) is 2.22. The van der Waals surface area contributed by atoms with Crippen molar-refractivity contribution in [1.82, 2.24) is 10.3 Å². The Morgan fingerprint density at radius 3 is 2.88 bits per heavy atom. The molecule has 0 bridgehead atoms. The zero-order chi connectivity index (χ0) is 17.2. The molecule has 0 spiro atoms. The predicted molar refractivity (Wildman–Crippen MR) is 91.7 cm³/mol. The van der Waals surface area contributed by atoms with Gasteiger partial charge in [-0.25, -0.2) is 9.37 Å². The lowest BCUT2D eigenvalue weighted by Gasteiger charge is -2.09. The maximum Gasteiger partial charge on any atom is 0.251 e. The van der Waals surface area contributed by atoms with Gasteiger partial charge in [-0.15, -0.1) is 0 Å². The van der Waals surface area contributed by atoms with Crippen LogP contribution in [-0.4, -0.2) is 37.7 Å². The first-order valence-corrected chi connectivity index (χ1v) is 7.91. The zero-order valence-electron chi connectivity index (χ0n) is 13.7. The fourth-order valence-corrected chi connectivity index (χ4v) is 2.22. The molecule has 0 saturated carbocycles. The lowest BCUT2D eigenvalue weighted by Crippen LogP contribution is -2.25. The number of rotatable bonds is 9. The summed E-state index contributed by atoms with van der Waals surface area (Å²) in [4.78, 5) is 16.2. The van der Waals surface area contributed by atoms with Crippen LogP contribution in [0.25, 0.3) is 0 Å². The van der Waals surface area contributed by atoms with Crippen LogP contribution in [-0.2, 0) is 11.2 Å². The van der Waals surface area contributed by atoms with Gasteiger partial charge in [0.25, 0.3) is 5.91 Å². The molecule has 2 aromatic rings. The van der Waals surface area contributed by atoms with Crippen molar-refractivity contribution in [1.29, 1.82) is 0 Å². The molecule has 1 amide bonds. The minimum absolute atomic E-state index is 0.148. The van der Waals surface area contributed by atoms with Gasteiger partial charge in [0.2, 0.25) is 0 Å². The highest BCUT2D eigenvalue weighted by atomic mass is 19.1. The first-order valence-electron chi connectivity index (χ1n) is 7.91. The number of carbonyl (C=O) groups excluding carboxylic acids is 1. The SMILES string of the molecule is COCCCNC(=O)c1ccnc(NCCc2ccccc2F)c1. The number of amides is 1. The Kier molecular flexibility index (Phi) is 7.17. The Morgan fingerprint density at radius 2 is 2.08 bits per heavy atom. The normalized spacial score (nSPS) is 10.4. The van der Waals surface area contributed by atoms with Gasteiger partial charge in [0, 0.05) is 38.6 Å². The molecule has 0 aliphatic heterocycles. The Balaban J connectivity index is 1.84. The summed E-state index contributed by atoms with van der Waals surface area (Å²) in [7, 11) is 1.63. The number of ether oxygens (including phenoxy) is 1. The molecular weight excluding hydrogens is 309 g/mol. The molecule has 2 rings (SSSR count). The molecule has 1 aromatic carbocycles. The Morgan fingerprint density at radius 1 is 1.25 bits per heavy atom. The molecule has 0 aliphatic carbocycles. The second-order valence-corrected chi connectivity index (χ2v) is 5.30. The lowest BCUT2D eigenvalue weighted by atomic mass is 10.1. The number of carbonyl (C=O) groups is 1. The molecule has 5 nitrogen and oxygen atoms in total. The van der Waals surface area contributed by atoms with Crippen molar-refractivity contribution < 1.29 is 13.9 Å². The van der Waals surface area contributed by atoms with Crippen molar-refractivity contribution >= 4 is 11.7 Å². The smallest absolute Gasteiger partial charge is 0.251 e. The summed E-state index contributed by atoms with van der Waals surface area (Å²) >= 11 is 0. The summed E-state index contributed by atoms with van der Waals surface area (Å²) in [5.74, 6) is 0.234. The minimum Gasteiger partial charge on any atom is -0.385 e. The van der Waals surface area contributed by atoms with Gasteiger partial charge in [-0.05, 0) is 36.6 Å². The second-order valence-electron chi connectivity index (χ2n) is 5.30. The molecule has 0 saturated heterocycles. The van der Waals surface area contributed by atoms with Crippen LogP contribution in [0, 0.1) is 5.82 Å². The van der Waals surface area contributed by atoms with Gasteiger partial charge in [-0.2, -0.15) is 0 Å². The fraction of sp³-hybridized carbons (Fsp3) is 0.333. The summed E-state index contributed by atoms with van der Waals surface area (Å²) in [6, 6.07) is 10.0. The van der Waals surface area contributed by atoms with Crippen molar-refractivity contribution in [2.45, 2.75) is 12.8 Å². The van der Waals surface area contributed by atoms with Gasteiger partial charge in [-0.3, -0.25) is 4.79 Å². The van der Waals surface area contributed by atoms with Gasteiger partial charge < -0.3 is 15.4 Å². The average molecular weight is 331 g/mol. The molecule has 24 heavy (non-hydrogen) atoms. The highest BCUT2D eigenvalue weighted by Gasteiger charge is 2.06. The second kappa shape index (κ2) is 9.62. The molecule has 128 valence electrons. The highest BCUT2D eigenvalue weighted by molar-refractivity contribution is 5.94. The molecule has 6 heteroatoms. The first-order chi connectivity index (χ1) is 11.7. The van der Waals surface area contributed by atoms with Gasteiger partial charge >= 0.3 is 0 Å². The number of nitrogens with one attached hydrogen (secondary N) is 2. The molecule has 0 aliphatic rings. The van der Waals surface area contributed by atoms with Crippen LogP contribution in [0.15, 0.2) is 42.6 Å². The van der Waals surface area contributed by atoms with Crippen LogP contribution in [0.3, 0.4) is 0 Å². The maximum atomic E-state index is 13.6. The van der Waals surface area contributed by atoms with Gasteiger partial charge in [-0.1, -0.05) is 18.2 Å². The summed E-state index contributed by atoms with van der Waals surface area (Å²) in [5.41, 5.74) is 1.19. The van der Waals surface area contributed by atoms with E-state index in [1.807, 2.05) is 6.07 Å². The summed E-state index contributed by atoms with van der Waals surface area (Å²) < 4.78 is 18.5. The summed E-state index contributed by atoms with van der Waals surface area (Å²) in [6.45, 7) is 1.71. The summed E-state index contributed by atoms with van der Waals surface area (Å²) in [5, 5.41) is 5.94. The third-order valence-electron chi connectivity index (χ3n) is 3.49. The number of nitrogens with zero attached hydrogens (tertiary/aromatic N) is 1. The first kappa shape index (κ1) is 17.9. The van der Waals surface area contributed by atoms with E-state index in [-0.39, 0.29) is 11.7 Å². The van der Waals surface area contributed by atoms with E-state index < -0.39 is 0 Å². The average Bonchev–Trinajstić information content (AvgIpc) is 2.60. The maximum absolute atomic E-state index is 13.6. The van der Waals surface area contributed by atoms with Crippen LogP contribution in [0.2, 0.25) is 0 Å².